The van der Waals surface area contributed by atoms with Crippen LogP contribution in [-0.4, -0.2) is 32.8 Å². The van der Waals surface area contributed by atoms with E-state index in [-0.39, 0.29) is 0 Å². The van der Waals surface area contributed by atoms with E-state index in [4.69, 9.17) is 9.47 Å². The smallest absolute Gasteiger partial charge is 0.267 e. The molecule has 2 rings (SSSR count). The predicted molar refractivity (Wildman–Crippen MR) is 79.6 cm³/mol. The van der Waals surface area contributed by atoms with Crippen LogP contribution < -0.4 is 19.9 Å². The number of methoxy groups -OCH3 is 2. The Morgan fingerprint density at radius 3 is 2.90 bits per heavy atom. The molecule has 2 N–H and O–H groups in total. The molecule has 0 bridgehead atoms. The maximum atomic E-state index is 5.33. The van der Waals surface area contributed by atoms with Crippen LogP contribution in [0.15, 0.2) is 23.3 Å². The van der Waals surface area contributed by atoms with E-state index in [2.05, 4.69) is 15.5 Å². The molecule has 1 aliphatic heterocycles. The molecule has 1 aromatic carbocycles. The first kappa shape index (κ1) is 14.4. The fourth-order valence-electron chi connectivity index (χ4n) is 2.13. The molecule has 0 saturated carbocycles. The van der Waals surface area contributed by atoms with Crippen molar-refractivity contribution in [2.75, 3.05) is 20.8 Å². The molecule has 1 heterocycles. The van der Waals surface area contributed by atoms with Gasteiger partial charge in [0.15, 0.2) is 0 Å². The minimum atomic E-state index is 0.744. The first-order valence-corrected chi connectivity index (χ1v) is 6.94. The van der Waals surface area contributed by atoms with Crippen LogP contribution in [-0.2, 0) is 0 Å². The lowest BCUT2D eigenvalue weighted by molar-refractivity contribution is -0.459. The van der Waals surface area contributed by atoms with Crippen molar-refractivity contribution in [2.45, 2.75) is 25.7 Å². The first-order chi connectivity index (χ1) is 9.83. The molecule has 5 nitrogen and oxygen atoms in total. The van der Waals surface area contributed by atoms with E-state index in [1.165, 1.54) is 19.3 Å². The fraction of sp³-hybridized carbons (Fsp3) is 0.467. The summed E-state index contributed by atoms with van der Waals surface area (Å²) in [6.45, 7) is 1.02. The maximum Gasteiger partial charge on any atom is 0.267 e. The highest BCUT2D eigenvalue weighted by Gasteiger charge is 2.09. The van der Waals surface area contributed by atoms with E-state index >= 15 is 0 Å². The van der Waals surface area contributed by atoms with E-state index in [0.717, 1.165) is 35.9 Å². The highest BCUT2D eigenvalue weighted by Crippen LogP contribution is 2.22. The second-order valence-corrected chi connectivity index (χ2v) is 4.69. The minimum Gasteiger partial charge on any atom is -0.497 e. The minimum absolute atomic E-state index is 0.744. The number of ether oxygens (including phenoxy) is 2. The van der Waals surface area contributed by atoms with Crippen molar-refractivity contribution >= 4 is 12.1 Å². The SMILES string of the molecule is COc1ccc(/C=N\NC2=[NH+]CCCCC2)c(OC)c1. The summed E-state index contributed by atoms with van der Waals surface area (Å²) in [5.74, 6) is 2.60. The zero-order valence-electron chi connectivity index (χ0n) is 12.1. The van der Waals surface area contributed by atoms with Gasteiger partial charge >= 0.3 is 0 Å². The van der Waals surface area contributed by atoms with Crippen LogP contribution in [0, 0.1) is 0 Å². The second-order valence-electron chi connectivity index (χ2n) is 4.69. The van der Waals surface area contributed by atoms with Gasteiger partial charge in [0, 0.05) is 11.6 Å². The first-order valence-electron chi connectivity index (χ1n) is 6.94. The fourth-order valence-corrected chi connectivity index (χ4v) is 2.13. The highest BCUT2D eigenvalue weighted by molar-refractivity contribution is 5.85. The van der Waals surface area contributed by atoms with E-state index in [9.17, 15) is 0 Å². The molecular formula is C15H22N3O2+. The third kappa shape index (κ3) is 3.98. The van der Waals surface area contributed by atoms with Gasteiger partial charge in [-0.25, -0.2) is 0 Å². The molecule has 0 radical (unpaired) electrons. The summed E-state index contributed by atoms with van der Waals surface area (Å²) in [7, 11) is 3.28. The molecule has 0 fully saturated rings. The Hall–Kier alpha value is -2.04. The van der Waals surface area contributed by atoms with Crippen LogP contribution >= 0.6 is 0 Å². The Kier molecular flexibility index (Phi) is 5.41. The van der Waals surface area contributed by atoms with Gasteiger partial charge in [-0.15, -0.1) is 0 Å². The van der Waals surface area contributed by atoms with Crippen molar-refractivity contribution in [3.05, 3.63) is 23.8 Å². The van der Waals surface area contributed by atoms with E-state index in [0.29, 0.717) is 0 Å². The standard InChI is InChI=1S/C15H21N3O2/c1-19-13-8-7-12(14(10-13)20-2)11-17-18-15-6-4-3-5-9-16-15/h7-8,10-11H,3-6,9H2,1-2H3,(H,16,18)/p+1/b17-11-. The van der Waals surface area contributed by atoms with Gasteiger partial charge in [0.25, 0.3) is 5.84 Å². The number of amidine groups is 1. The molecular weight excluding hydrogens is 254 g/mol. The molecule has 0 aliphatic carbocycles. The van der Waals surface area contributed by atoms with Gasteiger partial charge < -0.3 is 9.47 Å². The van der Waals surface area contributed by atoms with Crippen molar-refractivity contribution in [3.63, 3.8) is 0 Å². The Morgan fingerprint density at radius 1 is 1.20 bits per heavy atom. The molecule has 0 saturated heterocycles. The van der Waals surface area contributed by atoms with E-state index < -0.39 is 0 Å². The third-order valence-electron chi connectivity index (χ3n) is 3.29. The van der Waals surface area contributed by atoms with Crippen LogP contribution in [0.3, 0.4) is 0 Å². The third-order valence-corrected chi connectivity index (χ3v) is 3.29. The Balaban J connectivity index is 2.01. The molecule has 0 atom stereocenters. The zero-order valence-corrected chi connectivity index (χ0v) is 12.1. The molecule has 5 heteroatoms. The van der Waals surface area contributed by atoms with Crippen LogP contribution in [0.1, 0.15) is 31.2 Å². The van der Waals surface area contributed by atoms with Crippen molar-refractivity contribution < 1.29 is 14.5 Å². The summed E-state index contributed by atoms with van der Waals surface area (Å²) in [5.41, 5.74) is 3.99. The summed E-state index contributed by atoms with van der Waals surface area (Å²) in [6.07, 6.45) is 6.49. The van der Waals surface area contributed by atoms with E-state index in [1.54, 1.807) is 20.4 Å². The normalized spacial score (nSPS) is 15.6. The zero-order chi connectivity index (χ0) is 14.2. The van der Waals surface area contributed by atoms with Gasteiger partial charge in [-0.05, 0) is 31.4 Å². The number of nitrogens with zero attached hydrogens (tertiary/aromatic N) is 1. The van der Waals surface area contributed by atoms with Gasteiger partial charge in [-0.3, -0.25) is 4.99 Å². The molecule has 108 valence electrons. The lowest BCUT2D eigenvalue weighted by Gasteiger charge is -2.06. The Labute approximate surface area is 119 Å². The number of hydrogen-bond donors (Lipinski definition) is 2. The van der Waals surface area contributed by atoms with Gasteiger partial charge in [-0.2, -0.15) is 5.43 Å². The molecule has 0 aromatic heterocycles. The number of rotatable bonds is 4. The van der Waals surface area contributed by atoms with Gasteiger partial charge in [0.1, 0.15) is 11.5 Å². The summed E-state index contributed by atoms with van der Waals surface area (Å²) in [6, 6.07) is 5.66. The summed E-state index contributed by atoms with van der Waals surface area (Å²) in [5, 5.41) is 4.28. The number of hydrazone groups is 1. The van der Waals surface area contributed by atoms with Crippen LogP contribution in [0.4, 0.5) is 0 Å². The average Bonchev–Trinajstić information content (AvgIpc) is 2.76. The average molecular weight is 276 g/mol. The number of benzene rings is 1. The molecule has 1 aliphatic rings. The number of nitrogens with one attached hydrogen (secondary N) is 2. The monoisotopic (exact) mass is 276 g/mol. The summed E-state index contributed by atoms with van der Waals surface area (Å²) in [4.78, 5) is 3.36. The maximum absolute atomic E-state index is 5.33. The largest absolute Gasteiger partial charge is 0.497 e. The molecule has 0 unspecified atom stereocenters. The van der Waals surface area contributed by atoms with Gasteiger partial charge in [0.2, 0.25) is 0 Å². The van der Waals surface area contributed by atoms with E-state index in [1.807, 2.05) is 18.2 Å². The Morgan fingerprint density at radius 2 is 2.10 bits per heavy atom. The molecule has 0 amide bonds. The highest BCUT2D eigenvalue weighted by atomic mass is 16.5. The van der Waals surface area contributed by atoms with Crippen molar-refractivity contribution in [2.24, 2.45) is 5.10 Å². The summed E-state index contributed by atoms with van der Waals surface area (Å²) >= 11 is 0. The van der Waals surface area contributed by atoms with Gasteiger partial charge in [0.05, 0.1) is 33.4 Å². The van der Waals surface area contributed by atoms with Crippen LogP contribution in [0.5, 0.6) is 11.5 Å². The van der Waals surface area contributed by atoms with Crippen LogP contribution in [0.2, 0.25) is 0 Å². The van der Waals surface area contributed by atoms with Crippen molar-refractivity contribution in [1.29, 1.82) is 0 Å². The predicted octanol–water partition coefficient (Wildman–Crippen LogP) is 0.680. The van der Waals surface area contributed by atoms with Crippen molar-refractivity contribution in [3.8, 4) is 11.5 Å². The quantitative estimate of drug-likeness (QED) is 0.628. The molecule has 0 spiro atoms. The lowest BCUT2D eigenvalue weighted by atomic mass is 10.2. The number of hydrogen-bond acceptors (Lipinski definition) is 4. The van der Waals surface area contributed by atoms with Crippen LogP contribution in [0.25, 0.3) is 0 Å². The summed E-state index contributed by atoms with van der Waals surface area (Å²) < 4.78 is 10.5. The lowest BCUT2D eigenvalue weighted by Crippen LogP contribution is -2.75. The second kappa shape index (κ2) is 7.53. The Bertz CT molecular complexity index is 498. The topological polar surface area (TPSA) is 56.8 Å². The molecule has 1 aromatic rings. The van der Waals surface area contributed by atoms with Crippen molar-refractivity contribution in [1.82, 2.24) is 5.43 Å². The van der Waals surface area contributed by atoms with Gasteiger partial charge in [-0.1, -0.05) is 5.10 Å². The molecule has 20 heavy (non-hydrogen) atoms.